The fourth-order valence-corrected chi connectivity index (χ4v) is 4.96. The Balaban J connectivity index is 1.68. The molecule has 2 aromatic heterocycles. The van der Waals surface area contributed by atoms with Crippen molar-refractivity contribution in [3.63, 3.8) is 0 Å². The molecule has 1 aromatic carbocycles. The van der Waals surface area contributed by atoms with E-state index in [0.29, 0.717) is 5.69 Å². The Bertz CT molecular complexity index is 1130. The number of sulfonamides is 1. The lowest BCUT2D eigenvalue weighted by Crippen LogP contribution is -2.32. The molecule has 0 bridgehead atoms. The summed E-state index contributed by atoms with van der Waals surface area (Å²) >= 11 is 0. The second-order valence-corrected chi connectivity index (χ2v) is 8.82. The van der Waals surface area contributed by atoms with Crippen LogP contribution in [0.5, 0.6) is 0 Å². The van der Waals surface area contributed by atoms with Crippen LogP contribution in [0.1, 0.15) is 11.6 Å². The van der Waals surface area contributed by atoms with Crippen molar-refractivity contribution in [1.82, 2.24) is 18.8 Å². The van der Waals surface area contributed by atoms with Crippen LogP contribution in [0.25, 0.3) is 0 Å². The number of anilines is 1. The van der Waals surface area contributed by atoms with Gasteiger partial charge >= 0.3 is 0 Å². The van der Waals surface area contributed by atoms with E-state index in [2.05, 4.69) is 15.3 Å². The zero-order chi connectivity index (χ0) is 20.6. The van der Waals surface area contributed by atoms with Gasteiger partial charge < -0.3 is 9.88 Å². The van der Waals surface area contributed by atoms with Gasteiger partial charge in [0.05, 0.1) is 12.0 Å². The van der Waals surface area contributed by atoms with Crippen molar-refractivity contribution in [2.24, 2.45) is 7.05 Å². The zero-order valence-corrected chi connectivity index (χ0v) is 16.4. The quantitative estimate of drug-likeness (QED) is 0.687. The molecule has 0 spiro atoms. The fourth-order valence-electron chi connectivity index (χ4n) is 3.50. The monoisotopic (exact) mass is 419 g/mol. The average Bonchev–Trinajstić information content (AvgIpc) is 3.30. The van der Waals surface area contributed by atoms with Crippen molar-refractivity contribution in [3.05, 3.63) is 72.4 Å². The van der Waals surface area contributed by atoms with Gasteiger partial charge in [-0.25, -0.2) is 22.2 Å². The number of aryl methyl sites for hydroxylation is 1. The molecule has 1 saturated heterocycles. The van der Waals surface area contributed by atoms with Crippen LogP contribution in [0.4, 0.5) is 14.5 Å². The van der Waals surface area contributed by atoms with E-state index >= 15 is 0 Å². The number of nitrogens with zero attached hydrogens (tertiary/aromatic N) is 4. The molecule has 1 fully saturated rings. The summed E-state index contributed by atoms with van der Waals surface area (Å²) < 4.78 is 56.8. The fraction of sp³-hybridized carbons (Fsp3) is 0.263. The molecule has 3 heterocycles. The van der Waals surface area contributed by atoms with Crippen LogP contribution in [0.3, 0.4) is 0 Å². The van der Waals surface area contributed by atoms with E-state index in [-0.39, 0.29) is 23.8 Å². The summed E-state index contributed by atoms with van der Waals surface area (Å²) in [6.07, 6.45) is 4.29. The second-order valence-electron chi connectivity index (χ2n) is 6.94. The van der Waals surface area contributed by atoms with Crippen LogP contribution < -0.4 is 5.32 Å². The van der Waals surface area contributed by atoms with Crippen molar-refractivity contribution >= 4 is 15.7 Å². The topological polar surface area (TPSA) is 80.1 Å². The van der Waals surface area contributed by atoms with Gasteiger partial charge in [0, 0.05) is 50.2 Å². The molecule has 2 atom stereocenters. The Labute approximate surface area is 167 Å². The Kier molecular flexibility index (Phi) is 5.05. The van der Waals surface area contributed by atoms with Gasteiger partial charge in [-0.2, -0.15) is 4.31 Å². The van der Waals surface area contributed by atoms with Crippen molar-refractivity contribution in [2.75, 3.05) is 18.4 Å². The van der Waals surface area contributed by atoms with Gasteiger partial charge in [0.15, 0.2) is 5.03 Å². The number of pyridine rings is 1. The lowest BCUT2D eigenvalue weighted by molar-refractivity contribution is 0.466. The summed E-state index contributed by atoms with van der Waals surface area (Å²) in [6.45, 7) is 0.0932. The molecule has 0 radical (unpaired) electrons. The van der Waals surface area contributed by atoms with Crippen LogP contribution in [0.2, 0.25) is 0 Å². The van der Waals surface area contributed by atoms with Gasteiger partial charge in [-0.1, -0.05) is 6.07 Å². The molecule has 1 aliphatic rings. The third-order valence-corrected chi connectivity index (χ3v) is 6.60. The smallest absolute Gasteiger partial charge is 0.262 e. The normalized spacial score (nSPS) is 20.1. The number of imidazole rings is 1. The van der Waals surface area contributed by atoms with Crippen LogP contribution in [0, 0.1) is 11.6 Å². The number of aromatic nitrogens is 3. The van der Waals surface area contributed by atoms with E-state index in [1.165, 1.54) is 47.3 Å². The highest BCUT2D eigenvalue weighted by atomic mass is 32.2. The number of rotatable bonds is 5. The minimum Gasteiger partial charge on any atom is -0.380 e. The standard InChI is InChI=1S/C19H19F2N5O2S/c1-25-11-18(23-12-25)29(27,28)26-9-15(19-16(21)6-3-7-22-19)17(10-26)24-14-5-2-4-13(20)8-14/h2-8,11-12,15,17,24H,9-10H2,1H3/t15-,17-/m1/s1. The van der Waals surface area contributed by atoms with Crippen molar-refractivity contribution in [1.29, 1.82) is 0 Å². The molecule has 1 N–H and O–H groups in total. The van der Waals surface area contributed by atoms with Gasteiger partial charge in [0.2, 0.25) is 0 Å². The minimum atomic E-state index is -3.87. The lowest BCUT2D eigenvalue weighted by Gasteiger charge is -2.21. The molecular formula is C19H19F2N5O2S. The van der Waals surface area contributed by atoms with Crippen LogP contribution in [0.15, 0.2) is 60.1 Å². The van der Waals surface area contributed by atoms with Gasteiger partial charge in [-0.3, -0.25) is 4.98 Å². The van der Waals surface area contributed by atoms with Crippen molar-refractivity contribution < 1.29 is 17.2 Å². The van der Waals surface area contributed by atoms with E-state index in [1.54, 1.807) is 23.7 Å². The molecule has 4 rings (SSSR count). The van der Waals surface area contributed by atoms with Gasteiger partial charge in [-0.15, -0.1) is 0 Å². The minimum absolute atomic E-state index is 0.0276. The highest BCUT2D eigenvalue weighted by Gasteiger charge is 2.42. The summed E-state index contributed by atoms with van der Waals surface area (Å²) in [5.41, 5.74) is 0.647. The molecule has 0 unspecified atom stereocenters. The largest absolute Gasteiger partial charge is 0.380 e. The maximum Gasteiger partial charge on any atom is 0.262 e. The molecule has 29 heavy (non-hydrogen) atoms. The Morgan fingerprint density at radius 2 is 1.97 bits per heavy atom. The predicted octanol–water partition coefficient (Wildman–Crippen LogP) is 2.36. The maximum atomic E-state index is 14.4. The summed E-state index contributed by atoms with van der Waals surface area (Å²) in [5.74, 6) is -1.50. The van der Waals surface area contributed by atoms with E-state index in [1.807, 2.05) is 0 Å². The zero-order valence-electron chi connectivity index (χ0n) is 15.5. The first-order valence-corrected chi connectivity index (χ1v) is 10.4. The van der Waals surface area contributed by atoms with Crippen molar-refractivity contribution in [2.45, 2.75) is 17.0 Å². The Morgan fingerprint density at radius 3 is 2.66 bits per heavy atom. The molecule has 1 aliphatic heterocycles. The van der Waals surface area contributed by atoms with Crippen molar-refractivity contribution in [3.8, 4) is 0 Å². The summed E-state index contributed by atoms with van der Waals surface area (Å²) in [7, 11) is -2.19. The molecule has 10 heteroatoms. The lowest BCUT2D eigenvalue weighted by atomic mass is 9.98. The van der Waals surface area contributed by atoms with E-state index < -0.39 is 33.6 Å². The van der Waals surface area contributed by atoms with Gasteiger partial charge in [0.25, 0.3) is 10.0 Å². The van der Waals surface area contributed by atoms with Gasteiger partial charge in [0.1, 0.15) is 11.6 Å². The molecule has 7 nitrogen and oxygen atoms in total. The Morgan fingerprint density at radius 1 is 1.14 bits per heavy atom. The van der Waals surface area contributed by atoms with Crippen LogP contribution in [-0.2, 0) is 17.1 Å². The van der Waals surface area contributed by atoms with Gasteiger partial charge in [-0.05, 0) is 30.3 Å². The first-order chi connectivity index (χ1) is 13.8. The summed E-state index contributed by atoms with van der Waals surface area (Å²) in [5, 5.41) is 3.06. The Hall–Kier alpha value is -2.85. The molecule has 152 valence electrons. The number of hydrogen-bond donors (Lipinski definition) is 1. The number of nitrogens with one attached hydrogen (secondary N) is 1. The molecule has 0 saturated carbocycles. The predicted molar refractivity (Wildman–Crippen MR) is 103 cm³/mol. The third-order valence-electron chi connectivity index (χ3n) is 4.89. The van der Waals surface area contributed by atoms with E-state index in [4.69, 9.17) is 0 Å². The summed E-state index contributed by atoms with van der Waals surface area (Å²) in [6, 6.07) is 8.11. The highest BCUT2D eigenvalue weighted by Crippen LogP contribution is 2.33. The summed E-state index contributed by atoms with van der Waals surface area (Å²) in [4.78, 5) is 8.07. The number of benzene rings is 1. The molecule has 0 aliphatic carbocycles. The average molecular weight is 419 g/mol. The van der Waals surface area contributed by atoms with E-state index in [0.717, 1.165) is 0 Å². The SMILES string of the molecule is Cn1cnc(S(=O)(=O)N2C[C@@H](Nc3cccc(F)c3)[C@H](c3ncccc3F)C2)c1. The van der Waals surface area contributed by atoms with Crippen LogP contribution in [-0.4, -0.2) is 46.4 Å². The number of hydrogen-bond acceptors (Lipinski definition) is 5. The number of halogens is 2. The first kappa shape index (κ1) is 19.5. The third kappa shape index (κ3) is 3.85. The molecular weight excluding hydrogens is 400 g/mol. The first-order valence-electron chi connectivity index (χ1n) is 8.95. The second kappa shape index (κ2) is 7.53. The highest BCUT2D eigenvalue weighted by molar-refractivity contribution is 7.89. The van der Waals surface area contributed by atoms with E-state index in [9.17, 15) is 17.2 Å². The molecule has 3 aromatic rings. The molecule has 0 amide bonds. The van der Waals surface area contributed by atoms with Crippen LogP contribution >= 0.6 is 0 Å². The maximum absolute atomic E-state index is 14.4.